The Morgan fingerprint density at radius 3 is 2.90 bits per heavy atom. The second-order valence-electron chi connectivity index (χ2n) is 9.63. The molecule has 0 radical (unpaired) electrons. The summed E-state index contributed by atoms with van der Waals surface area (Å²) < 4.78 is 21.7. The Morgan fingerprint density at radius 2 is 2.05 bits per heavy atom. The number of anilines is 1. The Labute approximate surface area is 225 Å². The minimum atomic E-state index is -0.614. The number of nitrogens with zero attached hydrogens (tertiary/aromatic N) is 6. The molecule has 5 heterocycles. The van der Waals surface area contributed by atoms with E-state index in [4.69, 9.17) is 16.3 Å². The lowest BCUT2D eigenvalue weighted by molar-refractivity contribution is -0.129. The molecule has 13 heteroatoms. The molecule has 39 heavy (non-hydrogen) atoms. The number of tetrazole rings is 1. The van der Waals surface area contributed by atoms with Gasteiger partial charge in [-0.3, -0.25) is 10.1 Å². The van der Waals surface area contributed by atoms with E-state index in [0.29, 0.717) is 35.6 Å². The van der Waals surface area contributed by atoms with Crippen LogP contribution in [-0.4, -0.2) is 53.1 Å². The van der Waals surface area contributed by atoms with Gasteiger partial charge in [0.25, 0.3) is 0 Å². The minimum Gasteiger partial charge on any atom is -0.444 e. The molecule has 0 bridgehead atoms. The Morgan fingerprint density at radius 1 is 1.15 bits per heavy atom. The van der Waals surface area contributed by atoms with E-state index in [1.807, 2.05) is 23.1 Å². The summed E-state index contributed by atoms with van der Waals surface area (Å²) in [7, 11) is 0. The first-order chi connectivity index (χ1) is 19.0. The maximum atomic E-state index is 15.3. The zero-order valence-corrected chi connectivity index (χ0v) is 21.0. The summed E-state index contributed by atoms with van der Waals surface area (Å²) in [6.45, 7) is 0.194. The number of hydrogen-bond acceptors (Lipinski definition) is 7. The number of fused-ring (bicyclic) bond motifs is 2. The molecule has 2 N–H and O–H groups in total. The molecule has 0 aliphatic carbocycles. The van der Waals surface area contributed by atoms with Crippen molar-refractivity contribution in [2.75, 3.05) is 5.32 Å². The zero-order chi connectivity index (χ0) is 26.7. The number of aromatic nitrogens is 6. The molecule has 2 aromatic carbocycles. The molecule has 196 valence electrons. The van der Waals surface area contributed by atoms with E-state index in [-0.39, 0.29) is 35.2 Å². The fraction of sp³-hybridized carbons (Fsp3) is 0.231. The first-order valence-corrected chi connectivity index (χ1v) is 12.7. The van der Waals surface area contributed by atoms with Gasteiger partial charge in [-0.1, -0.05) is 17.7 Å². The Hall–Kier alpha value is -4.58. The molecule has 2 atom stereocenters. The van der Waals surface area contributed by atoms with Crippen molar-refractivity contribution in [1.82, 2.24) is 35.1 Å². The maximum Gasteiger partial charge on any atom is 0.411 e. The molecular formula is C26H20ClFN8O3. The number of ether oxygens (including phenoxy) is 1. The van der Waals surface area contributed by atoms with Crippen LogP contribution in [0.2, 0.25) is 5.02 Å². The molecule has 2 amide bonds. The lowest BCUT2D eigenvalue weighted by Gasteiger charge is -2.33. The normalized spacial score (nSPS) is 20.3. The highest BCUT2D eigenvalue weighted by atomic mass is 35.5. The Kier molecular flexibility index (Phi) is 5.44. The van der Waals surface area contributed by atoms with Crippen LogP contribution in [0.15, 0.2) is 48.9 Å². The predicted octanol–water partition coefficient (Wildman–Crippen LogP) is 4.43. The van der Waals surface area contributed by atoms with E-state index in [1.165, 1.54) is 23.2 Å². The van der Waals surface area contributed by atoms with Gasteiger partial charge >= 0.3 is 6.09 Å². The summed E-state index contributed by atoms with van der Waals surface area (Å²) >= 11 is 6.12. The number of H-pyrrole nitrogens is 1. The molecule has 2 aromatic heterocycles. The van der Waals surface area contributed by atoms with Crippen LogP contribution in [0.4, 0.5) is 14.9 Å². The van der Waals surface area contributed by atoms with Crippen LogP contribution < -0.4 is 5.32 Å². The van der Waals surface area contributed by atoms with Crippen LogP contribution in [0.5, 0.6) is 0 Å². The van der Waals surface area contributed by atoms with Crippen molar-refractivity contribution in [1.29, 1.82) is 0 Å². The van der Waals surface area contributed by atoms with Gasteiger partial charge in [-0.05, 0) is 59.5 Å². The van der Waals surface area contributed by atoms with Crippen LogP contribution in [0.3, 0.4) is 0 Å². The molecule has 4 aromatic rings. The Balaban J connectivity index is 1.18. The molecule has 3 aliphatic heterocycles. The van der Waals surface area contributed by atoms with Gasteiger partial charge in [-0.2, -0.15) is 4.68 Å². The number of carbonyl (C=O) groups excluding carboxylic acids is 2. The average Bonchev–Trinajstić information content (AvgIpc) is 3.70. The average molecular weight is 547 g/mol. The Bertz CT molecular complexity index is 1670. The third-order valence-corrected chi connectivity index (χ3v) is 7.71. The minimum absolute atomic E-state index is 0.0406. The standard InChI is InChI=1S/C26H20ClFN8O3/c27-17-3-6-20(35-12-30-33-34-35)23(24(17)28)14-8-16-2-5-21(36(16)22(37)9-14)25-29-10-19(31-25)13-1-4-18-15(7-13)11-39-26(38)32-18/h1,3-4,6-7,9-10,12,16,21H,2,5,8,11H2,(H,29,31)(H,32,38)/t16-,21-/m0/s1. The lowest BCUT2D eigenvalue weighted by atomic mass is 9.92. The predicted molar refractivity (Wildman–Crippen MR) is 137 cm³/mol. The van der Waals surface area contributed by atoms with Crippen LogP contribution in [0, 0.1) is 5.82 Å². The van der Waals surface area contributed by atoms with Crippen LogP contribution >= 0.6 is 11.6 Å². The van der Waals surface area contributed by atoms with Gasteiger partial charge in [0, 0.05) is 28.8 Å². The molecule has 1 saturated heterocycles. The second kappa shape index (κ2) is 9.02. The van der Waals surface area contributed by atoms with Crippen molar-refractivity contribution in [2.24, 2.45) is 0 Å². The monoisotopic (exact) mass is 546 g/mol. The number of aromatic amines is 1. The summed E-state index contributed by atoms with van der Waals surface area (Å²) in [5, 5.41) is 13.8. The summed E-state index contributed by atoms with van der Waals surface area (Å²) in [4.78, 5) is 34.7. The summed E-state index contributed by atoms with van der Waals surface area (Å²) in [6, 6.07) is 8.38. The van der Waals surface area contributed by atoms with Gasteiger partial charge in [-0.25, -0.2) is 14.2 Å². The fourth-order valence-corrected chi connectivity index (χ4v) is 5.81. The first-order valence-electron chi connectivity index (χ1n) is 12.3. The zero-order valence-electron chi connectivity index (χ0n) is 20.3. The molecule has 3 aliphatic rings. The largest absolute Gasteiger partial charge is 0.444 e. The van der Waals surface area contributed by atoms with E-state index >= 15 is 4.39 Å². The number of halogens is 2. The van der Waals surface area contributed by atoms with Crippen molar-refractivity contribution < 1.29 is 18.7 Å². The van der Waals surface area contributed by atoms with Crippen LogP contribution in [0.25, 0.3) is 22.5 Å². The molecule has 1 fully saturated rings. The number of benzene rings is 2. The van der Waals surface area contributed by atoms with E-state index < -0.39 is 11.9 Å². The highest BCUT2D eigenvalue weighted by Crippen LogP contribution is 2.44. The van der Waals surface area contributed by atoms with Crippen LogP contribution in [-0.2, 0) is 16.1 Å². The fourth-order valence-electron chi connectivity index (χ4n) is 5.65. The van der Waals surface area contributed by atoms with Gasteiger partial charge in [0.15, 0.2) is 5.82 Å². The SMILES string of the molecule is O=C1Nc2ccc(-c3cnc([C@@H]4CC[C@H]5CC(c6c(-n7cnnn7)ccc(Cl)c6F)=CC(=O)N54)[nH]3)cc2CO1. The van der Waals surface area contributed by atoms with E-state index in [0.717, 1.165) is 23.2 Å². The van der Waals surface area contributed by atoms with E-state index in [9.17, 15) is 9.59 Å². The highest BCUT2D eigenvalue weighted by molar-refractivity contribution is 6.31. The van der Waals surface area contributed by atoms with Gasteiger partial charge in [0.1, 0.15) is 18.8 Å². The van der Waals surface area contributed by atoms with Crippen molar-refractivity contribution in [3.05, 3.63) is 76.7 Å². The van der Waals surface area contributed by atoms with Crippen LogP contribution in [0.1, 0.15) is 42.3 Å². The number of amides is 2. The number of imidazole rings is 1. The number of nitrogens with one attached hydrogen (secondary N) is 2. The first kappa shape index (κ1) is 23.5. The quantitative estimate of drug-likeness (QED) is 0.387. The molecule has 7 rings (SSSR count). The van der Waals surface area contributed by atoms with Crippen molar-refractivity contribution in [3.8, 4) is 16.9 Å². The molecular weight excluding hydrogens is 527 g/mol. The van der Waals surface area contributed by atoms with Crippen molar-refractivity contribution in [3.63, 3.8) is 0 Å². The molecule has 0 saturated carbocycles. The molecule has 0 spiro atoms. The topological polar surface area (TPSA) is 131 Å². The van der Waals surface area contributed by atoms with Gasteiger partial charge in [-0.15, -0.1) is 5.10 Å². The second-order valence-corrected chi connectivity index (χ2v) is 10.0. The van der Waals surface area contributed by atoms with Gasteiger partial charge in [0.2, 0.25) is 5.91 Å². The molecule has 11 nitrogen and oxygen atoms in total. The summed E-state index contributed by atoms with van der Waals surface area (Å²) in [6.07, 6.45) is 6.02. The van der Waals surface area contributed by atoms with Gasteiger partial charge < -0.3 is 14.6 Å². The van der Waals surface area contributed by atoms with Gasteiger partial charge in [0.05, 0.1) is 34.3 Å². The summed E-state index contributed by atoms with van der Waals surface area (Å²) in [5.74, 6) is -0.147. The number of carbonyl (C=O) groups is 2. The smallest absolute Gasteiger partial charge is 0.411 e. The van der Waals surface area contributed by atoms with Crippen molar-refractivity contribution >= 4 is 34.9 Å². The highest BCUT2D eigenvalue weighted by Gasteiger charge is 2.42. The number of rotatable bonds is 4. The summed E-state index contributed by atoms with van der Waals surface area (Å²) in [5.41, 5.74) is 4.45. The third-order valence-electron chi connectivity index (χ3n) is 7.42. The van der Waals surface area contributed by atoms with E-state index in [2.05, 4.69) is 30.8 Å². The lowest BCUT2D eigenvalue weighted by Crippen LogP contribution is -2.39. The third kappa shape index (κ3) is 3.95. The number of hydrogen-bond donors (Lipinski definition) is 2. The number of cyclic esters (lactones) is 1. The maximum absolute atomic E-state index is 15.3. The van der Waals surface area contributed by atoms with E-state index in [1.54, 1.807) is 12.3 Å². The molecule has 0 unspecified atom stereocenters. The van der Waals surface area contributed by atoms with Crippen molar-refractivity contribution in [2.45, 2.75) is 38.0 Å².